The van der Waals surface area contributed by atoms with Crippen LogP contribution in [0.5, 0.6) is 0 Å². The van der Waals surface area contributed by atoms with Crippen molar-refractivity contribution in [3.8, 4) is 12.1 Å². The summed E-state index contributed by atoms with van der Waals surface area (Å²) in [4.78, 5) is 4.38. The molecule has 0 aliphatic rings. The summed E-state index contributed by atoms with van der Waals surface area (Å²) in [6.45, 7) is 6.13. The maximum Gasteiger partial charge on any atom is 0.130 e. The smallest absolute Gasteiger partial charge is 0.130 e. The first-order chi connectivity index (χ1) is 19.3. The molecule has 3 aromatic carbocycles. The molecule has 6 heteroatoms. The van der Waals surface area contributed by atoms with Crippen molar-refractivity contribution in [2.45, 2.75) is 49.6 Å². The van der Waals surface area contributed by atoms with Crippen LogP contribution in [0.25, 0.3) is 0 Å². The number of halogens is 1. The number of nitriles is 2. The van der Waals surface area contributed by atoms with Gasteiger partial charge in [0.15, 0.2) is 0 Å². The van der Waals surface area contributed by atoms with Crippen LogP contribution in [0.4, 0.5) is 11.5 Å². The van der Waals surface area contributed by atoms with Gasteiger partial charge in [0.1, 0.15) is 5.82 Å². The predicted octanol–water partition coefficient (Wildman–Crippen LogP) is 8.23. The van der Waals surface area contributed by atoms with Crippen molar-refractivity contribution in [1.29, 1.82) is 10.5 Å². The quantitative estimate of drug-likeness (QED) is 0.128. The van der Waals surface area contributed by atoms with Gasteiger partial charge in [-0.1, -0.05) is 77.2 Å². The molecule has 2 N–H and O–H groups in total. The van der Waals surface area contributed by atoms with E-state index in [1.165, 1.54) is 11.1 Å². The minimum Gasteiger partial charge on any atom is -0.340 e. The van der Waals surface area contributed by atoms with E-state index in [2.05, 4.69) is 99.7 Å². The zero-order chi connectivity index (χ0) is 28.5. The van der Waals surface area contributed by atoms with Crippen LogP contribution < -0.4 is 10.6 Å². The lowest BCUT2D eigenvalue weighted by Crippen LogP contribution is -2.42. The molecule has 1 heterocycles. The SMILES string of the molecule is C[C@H](NC(c1cccc(Nc2ccccn2)c1)C(C)(C)C#N)[C@@H](Cc1ccc(CI)cc1)c1cccc(C#N)c1. The van der Waals surface area contributed by atoms with Gasteiger partial charge in [-0.05, 0) is 85.8 Å². The van der Waals surface area contributed by atoms with E-state index in [0.29, 0.717) is 5.56 Å². The molecule has 1 aromatic heterocycles. The molecule has 0 saturated carbocycles. The fourth-order valence-electron chi connectivity index (χ4n) is 4.99. The number of aromatic nitrogens is 1. The van der Waals surface area contributed by atoms with E-state index in [1.807, 2.05) is 62.4 Å². The lowest BCUT2D eigenvalue weighted by molar-refractivity contribution is 0.281. The first-order valence-electron chi connectivity index (χ1n) is 13.4. The Kier molecular flexibility index (Phi) is 9.93. The molecular formula is C34H34IN5. The molecule has 0 aliphatic carbocycles. The second-order valence-electron chi connectivity index (χ2n) is 10.7. The van der Waals surface area contributed by atoms with Crippen molar-refractivity contribution in [2.75, 3.05) is 5.32 Å². The number of hydrogen-bond donors (Lipinski definition) is 2. The van der Waals surface area contributed by atoms with Gasteiger partial charge in [-0.15, -0.1) is 0 Å². The van der Waals surface area contributed by atoms with E-state index < -0.39 is 5.41 Å². The number of nitrogens with zero attached hydrogens (tertiary/aromatic N) is 3. The molecule has 0 amide bonds. The average molecular weight is 640 g/mol. The van der Waals surface area contributed by atoms with Crippen LogP contribution in [-0.4, -0.2) is 11.0 Å². The van der Waals surface area contributed by atoms with E-state index in [0.717, 1.165) is 33.5 Å². The molecule has 3 atom stereocenters. The molecule has 0 aliphatic heterocycles. The molecular weight excluding hydrogens is 605 g/mol. The Morgan fingerprint density at radius 2 is 1.60 bits per heavy atom. The Morgan fingerprint density at radius 3 is 2.27 bits per heavy atom. The van der Waals surface area contributed by atoms with Gasteiger partial charge in [0.2, 0.25) is 0 Å². The number of nitrogens with one attached hydrogen (secondary N) is 2. The molecule has 0 saturated heterocycles. The van der Waals surface area contributed by atoms with Gasteiger partial charge in [0, 0.05) is 28.3 Å². The minimum atomic E-state index is -0.682. The maximum absolute atomic E-state index is 10.2. The number of alkyl halides is 1. The molecule has 0 fully saturated rings. The van der Waals surface area contributed by atoms with Crippen molar-refractivity contribution in [3.05, 3.63) is 125 Å². The van der Waals surface area contributed by atoms with Crippen molar-refractivity contribution >= 4 is 34.1 Å². The lowest BCUT2D eigenvalue weighted by Gasteiger charge is -2.36. The van der Waals surface area contributed by atoms with E-state index in [4.69, 9.17) is 0 Å². The van der Waals surface area contributed by atoms with Crippen LogP contribution >= 0.6 is 22.6 Å². The number of rotatable bonds is 11. The Hall–Kier alpha value is -3.72. The van der Waals surface area contributed by atoms with Gasteiger partial charge in [0.25, 0.3) is 0 Å². The second-order valence-corrected chi connectivity index (χ2v) is 11.4. The van der Waals surface area contributed by atoms with Crippen molar-refractivity contribution in [2.24, 2.45) is 5.41 Å². The van der Waals surface area contributed by atoms with E-state index in [9.17, 15) is 10.5 Å². The largest absolute Gasteiger partial charge is 0.340 e. The fraction of sp³-hybridized carbons (Fsp3) is 0.265. The van der Waals surface area contributed by atoms with Crippen molar-refractivity contribution < 1.29 is 0 Å². The van der Waals surface area contributed by atoms with E-state index >= 15 is 0 Å². The monoisotopic (exact) mass is 639 g/mol. The van der Waals surface area contributed by atoms with Crippen LogP contribution in [0, 0.1) is 28.1 Å². The first kappa shape index (κ1) is 29.3. The third kappa shape index (κ3) is 7.47. The first-order valence-corrected chi connectivity index (χ1v) is 14.9. The normalized spacial score (nSPS) is 13.4. The van der Waals surface area contributed by atoms with Gasteiger partial charge < -0.3 is 10.6 Å². The molecule has 0 spiro atoms. The summed E-state index contributed by atoms with van der Waals surface area (Å²) in [5.74, 6) is 0.855. The predicted molar refractivity (Wildman–Crippen MR) is 170 cm³/mol. The molecule has 1 unspecified atom stereocenters. The third-order valence-corrected chi connectivity index (χ3v) is 8.16. The van der Waals surface area contributed by atoms with Crippen LogP contribution in [-0.2, 0) is 10.8 Å². The van der Waals surface area contributed by atoms with Gasteiger partial charge in [0.05, 0.1) is 29.2 Å². The molecule has 40 heavy (non-hydrogen) atoms. The lowest BCUT2D eigenvalue weighted by atomic mass is 9.79. The van der Waals surface area contributed by atoms with Crippen LogP contribution in [0.3, 0.4) is 0 Å². The Morgan fingerprint density at radius 1 is 0.875 bits per heavy atom. The fourth-order valence-corrected chi connectivity index (χ4v) is 5.49. The van der Waals surface area contributed by atoms with Crippen molar-refractivity contribution in [3.63, 3.8) is 0 Å². The van der Waals surface area contributed by atoms with Gasteiger partial charge in [-0.3, -0.25) is 0 Å². The molecule has 0 bridgehead atoms. The highest BCUT2D eigenvalue weighted by Gasteiger charge is 2.34. The summed E-state index contributed by atoms with van der Waals surface area (Å²) < 4.78 is 0.975. The number of pyridine rings is 1. The topological polar surface area (TPSA) is 84.5 Å². The summed E-state index contributed by atoms with van der Waals surface area (Å²) in [7, 11) is 0. The Bertz CT molecular complexity index is 1490. The molecule has 4 aromatic rings. The third-order valence-electron chi connectivity index (χ3n) is 7.28. The maximum atomic E-state index is 10.2. The van der Waals surface area contributed by atoms with Crippen LogP contribution in [0.2, 0.25) is 0 Å². The summed E-state index contributed by atoms with van der Waals surface area (Å²) in [5.41, 5.74) is 5.56. The highest BCUT2D eigenvalue weighted by molar-refractivity contribution is 14.1. The summed E-state index contributed by atoms with van der Waals surface area (Å²) in [5, 5.41) is 27.0. The van der Waals surface area contributed by atoms with Gasteiger partial charge in [-0.2, -0.15) is 10.5 Å². The summed E-state index contributed by atoms with van der Waals surface area (Å²) in [6.07, 6.45) is 2.57. The standard InChI is InChI=1S/C34H34IN5/c1-24(31(28-9-6-8-27(18-28)22-36)19-25-13-15-26(21-35)16-14-25)39-33(34(2,3)23-37)29-10-7-11-30(20-29)40-32-12-4-5-17-38-32/h4-18,20,24,31,33,39H,19,21H2,1-3H3,(H,38,40)/t24-,31+,33?/m0/s1. The second kappa shape index (κ2) is 13.6. The minimum absolute atomic E-state index is 0.00299. The zero-order valence-corrected chi connectivity index (χ0v) is 25.3. The molecule has 0 radical (unpaired) electrons. The van der Waals surface area contributed by atoms with E-state index in [1.54, 1.807) is 6.20 Å². The summed E-state index contributed by atoms with van der Waals surface area (Å²) in [6, 6.07) is 35.2. The number of hydrogen-bond acceptors (Lipinski definition) is 5. The molecule has 4 rings (SSSR count). The average Bonchev–Trinajstić information content (AvgIpc) is 2.99. The highest BCUT2D eigenvalue weighted by atomic mass is 127. The molecule has 202 valence electrons. The zero-order valence-electron chi connectivity index (χ0n) is 23.1. The van der Waals surface area contributed by atoms with Crippen LogP contribution in [0.15, 0.2) is 97.2 Å². The summed E-state index contributed by atoms with van der Waals surface area (Å²) >= 11 is 2.38. The molecule has 5 nitrogen and oxygen atoms in total. The van der Waals surface area contributed by atoms with Crippen molar-refractivity contribution in [1.82, 2.24) is 10.3 Å². The number of anilines is 2. The highest BCUT2D eigenvalue weighted by Crippen LogP contribution is 2.37. The number of benzene rings is 3. The van der Waals surface area contributed by atoms with Gasteiger partial charge in [-0.25, -0.2) is 4.98 Å². The Balaban J connectivity index is 1.67. The Labute approximate surface area is 251 Å². The van der Waals surface area contributed by atoms with E-state index in [-0.39, 0.29) is 18.0 Å². The van der Waals surface area contributed by atoms with Gasteiger partial charge >= 0.3 is 0 Å². The van der Waals surface area contributed by atoms with Crippen LogP contribution in [0.1, 0.15) is 60.5 Å².